The Labute approximate surface area is 209 Å². The Morgan fingerprint density at radius 2 is 1.89 bits per heavy atom. The van der Waals surface area contributed by atoms with Crippen LogP contribution in [0.1, 0.15) is 80.5 Å². The van der Waals surface area contributed by atoms with E-state index >= 15 is 0 Å². The molecule has 1 amide bonds. The van der Waals surface area contributed by atoms with Crippen LogP contribution in [0.15, 0.2) is 41.2 Å². The number of ether oxygens (including phenoxy) is 1. The number of aliphatic carboxylic acids is 1. The summed E-state index contributed by atoms with van der Waals surface area (Å²) in [4.78, 5) is 38.0. The van der Waals surface area contributed by atoms with Crippen molar-refractivity contribution >= 4 is 29.1 Å². The van der Waals surface area contributed by atoms with E-state index in [1.807, 2.05) is 36.4 Å². The number of amides is 1. The fourth-order valence-electron chi connectivity index (χ4n) is 4.36. The molecule has 8 heteroatoms. The predicted octanol–water partition coefficient (Wildman–Crippen LogP) is 5.03. The summed E-state index contributed by atoms with van der Waals surface area (Å²) in [5.74, 6) is 0.192. The molecule has 4 rings (SSSR count). The number of carboxylic acids is 1. The van der Waals surface area contributed by atoms with Gasteiger partial charge in [-0.3, -0.25) is 14.4 Å². The number of pyridine rings is 1. The fraction of sp³-hybridized carbons (Fsp3) is 0.444. The quantitative estimate of drug-likeness (QED) is 0.356. The Morgan fingerprint density at radius 3 is 2.54 bits per heavy atom. The van der Waals surface area contributed by atoms with Crippen molar-refractivity contribution in [1.82, 2.24) is 10.3 Å². The van der Waals surface area contributed by atoms with Gasteiger partial charge in [0.2, 0.25) is 5.91 Å². The average Bonchev–Trinajstić information content (AvgIpc) is 3.58. The van der Waals surface area contributed by atoms with Crippen LogP contribution in [0.5, 0.6) is 5.75 Å². The molecule has 2 fully saturated rings. The molecule has 1 aromatic carbocycles. The first kappa shape index (κ1) is 25.0. The van der Waals surface area contributed by atoms with E-state index in [1.165, 1.54) is 0 Å². The summed E-state index contributed by atoms with van der Waals surface area (Å²) in [6.07, 6.45) is 8.71. The number of benzene rings is 1. The van der Waals surface area contributed by atoms with Crippen molar-refractivity contribution in [3.05, 3.63) is 68.6 Å². The number of halogens is 1. The van der Waals surface area contributed by atoms with Crippen molar-refractivity contribution < 1.29 is 19.4 Å². The van der Waals surface area contributed by atoms with Gasteiger partial charge in [0.05, 0.1) is 11.6 Å². The number of H-pyrrole nitrogens is 1. The molecular formula is C27H31ClN2O5. The number of hydrogen-bond acceptors (Lipinski definition) is 4. The van der Waals surface area contributed by atoms with Gasteiger partial charge in [-0.25, -0.2) is 0 Å². The van der Waals surface area contributed by atoms with E-state index in [0.29, 0.717) is 48.3 Å². The highest BCUT2D eigenvalue weighted by molar-refractivity contribution is 6.32. The fourth-order valence-corrected chi connectivity index (χ4v) is 4.60. The number of unbranched alkanes of at least 4 members (excludes halogenated alkanes) is 3. The van der Waals surface area contributed by atoms with Crippen molar-refractivity contribution in [1.29, 1.82) is 0 Å². The van der Waals surface area contributed by atoms with Gasteiger partial charge in [0, 0.05) is 35.7 Å². The lowest BCUT2D eigenvalue weighted by molar-refractivity contribution is -0.137. The minimum atomic E-state index is -0.764. The van der Waals surface area contributed by atoms with E-state index < -0.39 is 5.97 Å². The molecule has 1 aliphatic heterocycles. The van der Waals surface area contributed by atoms with E-state index in [2.05, 4.69) is 10.3 Å². The average molecular weight is 499 g/mol. The SMILES string of the molecule is O=C(O)CCCCCCOc1ccc(/C(=C\[C@H]2CCC(=O)N2)c2ccc(C3CC3)c(=O)[nH]2)cc1Cl. The maximum Gasteiger partial charge on any atom is 0.303 e. The number of carbonyl (C=O) groups is 2. The molecule has 0 bridgehead atoms. The van der Waals surface area contributed by atoms with Crippen LogP contribution >= 0.6 is 11.6 Å². The minimum absolute atomic E-state index is 0.0212. The second kappa shape index (κ2) is 11.6. The zero-order valence-electron chi connectivity index (χ0n) is 19.6. The highest BCUT2D eigenvalue weighted by atomic mass is 35.5. The third-order valence-electron chi connectivity index (χ3n) is 6.43. The molecule has 2 heterocycles. The van der Waals surface area contributed by atoms with Crippen LogP contribution in [0.4, 0.5) is 0 Å². The topological polar surface area (TPSA) is 108 Å². The zero-order valence-corrected chi connectivity index (χ0v) is 20.4. The lowest BCUT2D eigenvalue weighted by Gasteiger charge is -2.15. The lowest BCUT2D eigenvalue weighted by atomic mass is 9.98. The van der Waals surface area contributed by atoms with Crippen molar-refractivity contribution in [3.63, 3.8) is 0 Å². The molecule has 0 spiro atoms. The van der Waals surface area contributed by atoms with Gasteiger partial charge in [-0.05, 0) is 61.8 Å². The van der Waals surface area contributed by atoms with Crippen LogP contribution in [0.2, 0.25) is 5.02 Å². The number of rotatable bonds is 12. The number of carboxylic acid groups (broad SMARTS) is 1. The molecule has 0 unspecified atom stereocenters. The van der Waals surface area contributed by atoms with Gasteiger partial charge < -0.3 is 20.1 Å². The summed E-state index contributed by atoms with van der Waals surface area (Å²) in [5.41, 5.74) is 3.08. The summed E-state index contributed by atoms with van der Waals surface area (Å²) < 4.78 is 5.84. The third-order valence-corrected chi connectivity index (χ3v) is 6.72. The molecule has 186 valence electrons. The van der Waals surface area contributed by atoms with Crippen LogP contribution in [0.3, 0.4) is 0 Å². The van der Waals surface area contributed by atoms with Gasteiger partial charge >= 0.3 is 5.97 Å². The molecular weight excluding hydrogens is 468 g/mol. The van der Waals surface area contributed by atoms with E-state index in [9.17, 15) is 14.4 Å². The Hall–Kier alpha value is -3.06. The maximum atomic E-state index is 12.7. The zero-order chi connectivity index (χ0) is 24.8. The van der Waals surface area contributed by atoms with E-state index in [1.54, 1.807) is 0 Å². The summed E-state index contributed by atoms with van der Waals surface area (Å²) in [6, 6.07) is 9.27. The first-order valence-corrected chi connectivity index (χ1v) is 12.7. The van der Waals surface area contributed by atoms with E-state index in [4.69, 9.17) is 21.4 Å². The van der Waals surface area contributed by atoms with E-state index in [-0.39, 0.29) is 23.9 Å². The standard InChI is InChI=1S/C27H31ClN2O5/c28-22-15-18(8-12-24(22)35-14-4-2-1-3-5-26(32)33)21(16-19-9-13-25(31)29-19)23-11-10-20(17-6-7-17)27(34)30-23/h8,10-12,15-17,19H,1-7,9,13-14H2,(H,29,31)(H,30,34)(H,32,33)/b21-16+/t19-/m1/s1. The van der Waals surface area contributed by atoms with Crippen molar-refractivity contribution in [3.8, 4) is 5.75 Å². The number of carbonyl (C=O) groups excluding carboxylic acids is 1. The molecule has 1 saturated carbocycles. The van der Waals surface area contributed by atoms with Crippen LogP contribution in [-0.2, 0) is 9.59 Å². The first-order chi connectivity index (χ1) is 16.9. The van der Waals surface area contributed by atoms with Crippen LogP contribution in [0.25, 0.3) is 5.57 Å². The minimum Gasteiger partial charge on any atom is -0.492 e. The molecule has 2 aliphatic rings. The van der Waals surface area contributed by atoms with Crippen molar-refractivity contribution in [2.75, 3.05) is 6.61 Å². The molecule has 1 atom stereocenters. The molecule has 3 N–H and O–H groups in total. The van der Waals surface area contributed by atoms with E-state index in [0.717, 1.165) is 48.8 Å². The molecule has 2 aromatic rings. The van der Waals surface area contributed by atoms with Crippen LogP contribution in [-0.4, -0.2) is 34.6 Å². The lowest BCUT2D eigenvalue weighted by Crippen LogP contribution is -2.23. The monoisotopic (exact) mass is 498 g/mol. The largest absolute Gasteiger partial charge is 0.492 e. The number of nitrogens with one attached hydrogen (secondary N) is 2. The van der Waals surface area contributed by atoms with Crippen LogP contribution in [0, 0.1) is 0 Å². The smallest absolute Gasteiger partial charge is 0.303 e. The Kier molecular flexibility index (Phi) is 8.29. The molecule has 1 aliphatic carbocycles. The summed E-state index contributed by atoms with van der Waals surface area (Å²) in [7, 11) is 0. The Balaban J connectivity index is 1.47. The Morgan fingerprint density at radius 1 is 1.09 bits per heavy atom. The molecule has 35 heavy (non-hydrogen) atoms. The molecule has 1 saturated heterocycles. The number of aromatic nitrogens is 1. The van der Waals surface area contributed by atoms with Gasteiger partial charge in [0.1, 0.15) is 5.75 Å². The second-order valence-corrected chi connectivity index (χ2v) is 9.68. The van der Waals surface area contributed by atoms with Gasteiger partial charge in [0.25, 0.3) is 5.56 Å². The van der Waals surface area contributed by atoms with Gasteiger partial charge in [-0.15, -0.1) is 0 Å². The van der Waals surface area contributed by atoms with Gasteiger partial charge in [-0.2, -0.15) is 0 Å². The highest BCUT2D eigenvalue weighted by Gasteiger charge is 2.27. The first-order valence-electron chi connectivity index (χ1n) is 12.3. The summed E-state index contributed by atoms with van der Waals surface area (Å²) in [5, 5.41) is 12.1. The summed E-state index contributed by atoms with van der Waals surface area (Å²) in [6.45, 7) is 0.499. The van der Waals surface area contributed by atoms with Crippen molar-refractivity contribution in [2.24, 2.45) is 0 Å². The third kappa shape index (κ3) is 6.98. The molecule has 0 radical (unpaired) electrons. The molecule has 7 nitrogen and oxygen atoms in total. The summed E-state index contributed by atoms with van der Waals surface area (Å²) >= 11 is 6.55. The number of hydrogen-bond donors (Lipinski definition) is 3. The van der Waals surface area contributed by atoms with Gasteiger partial charge in [-0.1, -0.05) is 42.7 Å². The van der Waals surface area contributed by atoms with Crippen molar-refractivity contribution in [2.45, 2.75) is 69.7 Å². The number of aromatic amines is 1. The Bertz CT molecular complexity index is 1170. The maximum absolute atomic E-state index is 12.7. The molecule has 1 aromatic heterocycles. The van der Waals surface area contributed by atoms with Gasteiger partial charge in [0.15, 0.2) is 0 Å². The highest BCUT2D eigenvalue weighted by Crippen LogP contribution is 2.38. The predicted molar refractivity (Wildman–Crippen MR) is 135 cm³/mol. The second-order valence-electron chi connectivity index (χ2n) is 9.28. The normalized spacial score (nSPS) is 17.9. The van der Waals surface area contributed by atoms with Crippen LogP contribution < -0.4 is 15.6 Å².